The number of aromatic nitrogens is 1. The van der Waals surface area contributed by atoms with Crippen molar-refractivity contribution in [2.75, 3.05) is 0 Å². The molecule has 0 spiro atoms. The van der Waals surface area contributed by atoms with E-state index in [4.69, 9.17) is 0 Å². The average molecular weight is 378 g/mol. The number of aryl methyl sites for hydroxylation is 1. The summed E-state index contributed by atoms with van der Waals surface area (Å²) in [6.07, 6.45) is 0. The van der Waals surface area contributed by atoms with E-state index >= 15 is 0 Å². The Hall–Kier alpha value is -2.92. The van der Waals surface area contributed by atoms with E-state index in [-0.39, 0.29) is 18.3 Å². The molecule has 0 unspecified atom stereocenters. The summed E-state index contributed by atoms with van der Waals surface area (Å²) in [7, 11) is 0. The largest absolute Gasteiger partial charge is 0.347 e. The number of hydrogen-bond acceptors (Lipinski definition) is 2. The van der Waals surface area contributed by atoms with Crippen LogP contribution in [0.1, 0.15) is 27.2 Å². The molecule has 2 aromatic carbocycles. The third-order valence-corrected chi connectivity index (χ3v) is 5.47. The first kappa shape index (κ1) is 17.5. The molecule has 1 amide bonds. The predicted octanol–water partition coefficient (Wildman–Crippen LogP) is 5.13. The molecular weight excluding hydrogens is 359 g/mol. The maximum absolute atomic E-state index is 13.8. The quantitative estimate of drug-likeness (QED) is 0.513. The molecule has 136 valence electrons. The van der Waals surface area contributed by atoms with Crippen molar-refractivity contribution in [1.29, 1.82) is 0 Å². The molecule has 3 nitrogen and oxygen atoms in total. The number of carbonyl (C=O) groups is 1. The molecule has 2 heterocycles. The van der Waals surface area contributed by atoms with Crippen LogP contribution in [0, 0.1) is 12.7 Å². The third kappa shape index (κ3) is 3.64. The number of fused-ring (bicyclic) bond motifs is 1. The highest BCUT2D eigenvalue weighted by atomic mass is 32.1. The molecule has 0 saturated carbocycles. The van der Waals surface area contributed by atoms with Crippen LogP contribution in [0.4, 0.5) is 4.39 Å². The number of hydrogen-bond donors (Lipinski definition) is 1. The summed E-state index contributed by atoms with van der Waals surface area (Å²) in [5.74, 6) is -0.511. The van der Waals surface area contributed by atoms with Gasteiger partial charge in [0.15, 0.2) is 0 Å². The van der Waals surface area contributed by atoms with Gasteiger partial charge in [-0.05, 0) is 36.1 Å². The smallest absolute Gasteiger partial charge is 0.268 e. The topological polar surface area (TPSA) is 34.0 Å². The lowest BCUT2D eigenvalue weighted by atomic mass is 10.1. The van der Waals surface area contributed by atoms with Gasteiger partial charge in [-0.25, -0.2) is 4.39 Å². The molecule has 0 aliphatic heterocycles. The number of nitrogens with one attached hydrogen (secondary N) is 1. The molecule has 0 atom stereocenters. The number of benzene rings is 2. The van der Waals surface area contributed by atoms with Crippen LogP contribution in [0.5, 0.6) is 0 Å². The molecule has 27 heavy (non-hydrogen) atoms. The predicted molar refractivity (Wildman–Crippen MR) is 108 cm³/mol. The fraction of sp³-hybridized carbons (Fsp3) is 0.136. The molecule has 0 fully saturated rings. The molecular formula is C22H19FN2OS. The van der Waals surface area contributed by atoms with E-state index in [0.29, 0.717) is 17.8 Å². The van der Waals surface area contributed by atoms with Crippen LogP contribution >= 0.6 is 11.3 Å². The maximum atomic E-state index is 13.8. The van der Waals surface area contributed by atoms with Gasteiger partial charge in [0.2, 0.25) is 0 Å². The summed E-state index contributed by atoms with van der Waals surface area (Å²) >= 11 is 1.61. The van der Waals surface area contributed by atoms with Crippen molar-refractivity contribution in [1.82, 2.24) is 9.88 Å². The molecule has 0 aliphatic carbocycles. The van der Waals surface area contributed by atoms with Gasteiger partial charge in [-0.3, -0.25) is 4.79 Å². The Balaban J connectivity index is 1.61. The molecule has 4 aromatic rings. The van der Waals surface area contributed by atoms with Crippen LogP contribution in [0.3, 0.4) is 0 Å². The van der Waals surface area contributed by atoms with Gasteiger partial charge >= 0.3 is 0 Å². The number of thiophene rings is 1. The van der Waals surface area contributed by atoms with E-state index in [0.717, 1.165) is 15.8 Å². The summed E-state index contributed by atoms with van der Waals surface area (Å²) < 4.78 is 16.9. The number of carbonyl (C=O) groups excluding carboxylic acids is 1. The Morgan fingerprint density at radius 1 is 1.11 bits per heavy atom. The second kappa shape index (κ2) is 7.37. The number of rotatable bonds is 5. The molecule has 2 aromatic heterocycles. The summed E-state index contributed by atoms with van der Waals surface area (Å²) in [5.41, 5.74) is 4.44. The first-order valence-corrected chi connectivity index (χ1v) is 9.63. The SMILES string of the molecule is Cc1ccc(Cn2c(C(=O)NCc3ccccc3F)cc3sccc32)cc1. The zero-order valence-corrected chi connectivity index (χ0v) is 15.7. The number of halogens is 1. The average Bonchev–Trinajstić information content (AvgIpc) is 3.25. The Bertz CT molecular complexity index is 1100. The minimum absolute atomic E-state index is 0.162. The van der Waals surface area contributed by atoms with Crippen molar-refractivity contribution in [2.24, 2.45) is 0 Å². The molecule has 5 heteroatoms. The zero-order chi connectivity index (χ0) is 18.8. The Kier molecular flexibility index (Phi) is 4.77. The lowest BCUT2D eigenvalue weighted by Crippen LogP contribution is -2.26. The van der Waals surface area contributed by atoms with Crippen molar-refractivity contribution in [2.45, 2.75) is 20.0 Å². The lowest BCUT2D eigenvalue weighted by molar-refractivity contribution is 0.0942. The Morgan fingerprint density at radius 3 is 2.67 bits per heavy atom. The second-order valence-electron chi connectivity index (χ2n) is 6.55. The Labute approximate surface area is 161 Å². The van der Waals surface area contributed by atoms with Gasteiger partial charge in [0.05, 0.1) is 10.2 Å². The highest BCUT2D eigenvalue weighted by Crippen LogP contribution is 2.26. The third-order valence-electron chi connectivity index (χ3n) is 4.61. The maximum Gasteiger partial charge on any atom is 0.268 e. The molecule has 0 aliphatic rings. The van der Waals surface area contributed by atoms with Crippen LogP contribution in [0.2, 0.25) is 0 Å². The summed E-state index contributed by atoms with van der Waals surface area (Å²) in [6, 6.07) is 18.7. The summed E-state index contributed by atoms with van der Waals surface area (Å²) in [4.78, 5) is 12.8. The van der Waals surface area contributed by atoms with Crippen molar-refractivity contribution in [3.05, 3.63) is 94.2 Å². The number of nitrogens with zero attached hydrogens (tertiary/aromatic N) is 1. The molecule has 0 saturated heterocycles. The van der Waals surface area contributed by atoms with Gasteiger partial charge in [0.25, 0.3) is 5.91 Å². The van der Waals surface area contributed by atoms with Gasteiger partial charge < -0.3 is 9.88 Å². The van der Waals surface area contributed by atoms with Gasteiger partial charge in [0, 0.05) is 18.7 Å². The number of amides is 1. The van der Waals surface area contributed by atoms with Gasteiger partial charge in [-0.1, -0.05) is 48.0 Å². The summed E-state index contributed by atoms with van der Waals surface area (Å²) in [6.45, 7) is 2.83. The van der Waals surface area contributed by atoms with Crippen LogP contribution in [-0.2, 0) is 13.1 Å². The van der Waals surface area contributed by atoms with Crippen molar-refractivity contribution in [3.8, 4) is 0 Å². The normalized spacial score (nSPS) is 11.0. The first-order chi connectivity index (χ1) is 13.1. The summed E-state index contributed by atoms with van der Waals surface area (Å²) in [5, 5.41) is 4.87. The van der Waals surface area contributed by atoms with Crippen LogP contribution in [-0.4, -0.2) is 10.5 Å². The first-order valence-electron chi connectivity index (χ1n) is 8.76. The molecule has 4 rings (SSSR count). The fourth-order valence-corrected chi connectivity index (χ4v) is 3.94. The molecule has 0 bridgehead atoms. The van der Waals surface area contributed by atoms with E-state index < -0.39 is 0 Å². The van der Waals surface area contributed by atoms with Crippen LogP contribution in [0.25, 0.3) is 10.2 Å². The van der Waals surface area contributed by atoms with Gasteiger partial charge in [-0.15, -0.1) is 11.3 Å². The van der Waals surface area contributed by atoms with E-state index in [9.17, 15) is 9.18 Å². The van der Waals surface area contributed by atoms with E-state index in [1.54, 1.807) is 29.5 Å². The minimum atomic E-state index is -0.311. The van der Waals surface area contributed by atoms with E-state index in [2.05, 4.69) is 36.5 Å². The highest BCUT2D eigenvalue weighted by molar-refractivity contribution is 7.17. The molecule has 1 N–H and O–H groups in total. The van der Waals surface area contributed by atoms with Gasteiger partial charge in [-0.2, -0.15) is 0 Å². The van der Waals surface area contributed by atoms with Crippen LogP contribution < -0.4 is 5.32 Å². The second-order valence-corrected chi connectivity index (χ2v) is 7.49. The monoisotopic (exact) mass is 378 g/mol. The zero-order valence-electron chi connectivity index (χ0n) is 14.9. The Morgan fingerprint density at radius 2 is 1.89 bits per heavy atom. The lowest BCUT2D eigenvalue weighted by Gasteiger charge is -2.12. The van der Waals surface area contributed by atoms with Crippen molar-refractivity contribution < 1.29 is 9.18 Å². The van der Waals surface area contributed by atoms with Gasteiger partial charge in [0.1, 0.15) is 11.5 Å². The standard InChI is InChI=1S/C22H19FN2OS/c1-15-6-8-16(9-7-15)14-25-19-10-11-27-21(19)12-20(25)22(26)24-13-17-4-2-3-5-18(17)23/h2-12H,13-14H2,1H3,(H,24,26). The van der Waals surface area contributed by atoms with Crippen molar-refractivity contribution >= 4 is 27.5 Å². The van der Waals surface area contributed by atoms with Crippen molar-refractivity contribution in [3.63, 3.8) is 0 Å². The van der Waals surface area contributed by atoms with E-state index in [1.165, 1.54) is 11.6 Å². The minimum Gasteiger partial charge on any atom is -0.347 e. The fourth-order valence-electron chi connectivity index (χ4n) is 3.12. The highest BCUT2D eigenvalue weighted by Gasteiger charge is 2.17. The van der Waals surface area contributed by atoms with E-state index in [1.807, 2.05) is 22.1 Å². The van der Waals surface area contributed by atoms with Crippen LogP contribution in [0.15, 0.2) is 66.0 Å². The molecule has 0 radical (unpaired) electrons.